The normalized spacial score (nSPS) is 21.4. The predicted molar refractivity (Wildman–Crippen MR) is 105 cm³/mol. The van der Waals surface area contributed by atoms with Gasteiger partial charge in [0.25, 0.3) is 0 Å². The molecular formula is C21H29N5O. The van der Waals surface area contributed by atoms with E-state index in [1.165, 1.54) is 25.7 Å². The van der Waals surface area contributed by atoms with E-state index in [2.05, 4.69) is 26.4 Å². The van der Waals surface area contributed by atoms with Gasteiger partial charge in [-0.2, -0.15) is 0 Å². The smallest absolute Gasteiger partial charge is 0.236 e. The molecule has 0 radical (unpaired) electrons. The maximum absolute atomic E-state index is 12.8. The van der Waals surface area contributed by atoms with E-state index < -0.39 is 0 Å². The van der Waals surface area contributed by atoms with Crippen molar-refractivity contribution in [3.63, 3.8) is 0 Å². The number of pyridine rings is 1. The van der Waals surface area contributed by atoms with Crippen LogP contribution in [0, 0.1) is 6.92 Å². The Morgan fingerprint density at radius 3 is 2.59 bits per heavy atom. The molecule has 1 amide bonds. The first-order valence-electron chi connectivity index (χ1n) is 10.2. The topological polar surface area (TPSA) is 54.3 Å². The number of carbonyl (C=O) groups is 1. The van der Waals surface area contributed by atoms with Crippen molar-refractivity contribution < 1.29 is 4.79 Å². The monoisotopic (exact) mass is 367 g/mol. The lowest BCUT2D eigenvalue weighted by Crippen LogP contribution is -2.39. The molecule has 0 aromatic carbocycles. The fourth-order valence-electron chi connectivity index (χ4n) is 4.39. The highest BCUT2D eigenvalue weighted by molar-refractivity contribution is 5.78. The van der Waals surface area contributed by atoms with Crippen LogP contribution in [0.4, 0.5) is 0 Å². The summed E-state index contributed by atoms with van der Waals surface area (Å²) in [5.74, 6) is 1.25. The number of hydrogen-bond donors (Lipinski definition) is 0. The van der Waals surface area contributed by atoms with Crippen molar-refractivity contribution in [3.05, 3.63) is 36.4 Å². The minimum atomic E-state index is 0.280. The third-order valence-corrected chi connectivity index (χ3v) is 5.86. The summed E-state index contributed by atoms with van der Waals surface area (Å²) in [4.78, 5) is 26.0. The largest absolute Gasteiger partial charge is 0.339 e. The molecule has 2 aromatic rings. The molecule has 144 valence electrons. The lowest BCUT2D eigenvalue weighted by Gasteiger charge is -2.24. The van der Waals surface area contributed by atoms with Crippen LogP contribution in [-0.4, -0.2) is 63.0 Å². The van der Waals surface area contributed by atoms with Crippen molar-refractivity contribution in [2.45, 2.75) is 45.1 Å². The fraction of sp³-hybridized carbons (Fsp3) is 0.571. The number of aryl methyl sites for hydroxylation is 1. The lowest BCUT2D eigenvalue weighted by molar-refractivity contribution is -0.131. The molecule has 2 aromatic heterocycles. The van der Waals surface area contributed by atoms with Crippen molar-refractivity contribution in [2.24, 2.45) is 0 Å². The van der Waals surface area contributed by atoms with E-state index in [9.17, 15) is 4.79 Å². The van der Waals surface area contributed by atoms with Crippen molar-refractivity contribution in [1.29, 1.82) is 0 Å². The summed E-state index contributed by atoms with van der Waals surface area (Å²) >= 11 is 0. The molecule has 6 nitrogen and oxygen atoms in total. The molecule has 2 fully saturated rings. The van der Waals surface area contributed by atoms with Gasteiger partial charge < -0.3 is 9.47 Å². The highest BCUT2D eigenvalue weighted by Gasteiger charge is 2.30. The second-order valence-electron chi connectivity index (χ2n) is 7.80. The zero-order valence-corrected chi connectivity index (χ0v) is 16.2. The van der Waals surface area contributed by atoms with Crippen LogP contribution in [-0.2, 0) is 4.79 Å². The van der Waals surface area contributed by atoms with E-state index in [1.807, 2.05) is 23.2 Å². The zero-order valence-electron chi connectivity index (χ0n) is 16.2. The summed E-state index contributed by atoms with van der Waals surface area (Å²) in [5.41, 5.74) is 2.22. The lowest BCUT2D eigenvalue weighted by atomic mass is 10.2. The highest BCUT2D eigenvalue weighted by Crippen LogP contribution is 2.29. The quantitative estimate of drug-likeness (QED) is 0.834. The van der Waals surface area contributed by atoms with Gasteiger partial charge in [-0.25, -0.2) is 4.98 Å². The predicted octanol–water partition coefficient (Wildman–Crippen LogP) is 2.90. The van der Waals surface area contributed by atoms with E-state index in [1.54, 1.807) is 12.4 Å². The molecule has 0 saturated carbocycles. The van der Waals surface area contributed by atoms with Gasteiger partial charge in [-0.1, -0.05) is 12.8 Å². The van der Waals surface area contributed by atoms with Crippen LogP contribution < -0.4 is 0 Å². The molecule has 27 heavy (non-hydrogen) atoms. The molecule has 1 unspecified atom stereocenters. The van der Waals surface area contributed by atoms with E-state index in [0.717, 1.165) is 49.7 Å². The number of imidazole rings is 1. The van der Waals surface area contributed by atoms with Gasteiger partial charge in [-0.05, 0) is 51.4 Å². The molecule has 4 heterocycles. The summed E-state index contributed by atoms with van der Waals surface area (Å²) in [7, 11) is 0. The van der Waals surface area contributed by atoms with Crippen molar-refractivity contribution >= 4 is 5.91 Å². The van der Waals surface area contributed by atoms with Crippen LogP contribution in [0.2, 0.25) is 0 Å². The van der Waals surface area contributed by atoms with Crippen molar-refractivity contribution in [2.75, 3.05) is 32.7 Å². The Balaban J connectivity index is 1.44. The number of carbonyl (C=O) groups excluding carboxylic acids is 1. The first-order chi connectivity index (χ1) is 13.2. The Morgan fingerprint density at radius 2 is 1.85 bits per heavy atom. The Hall–Kier alpha value is -2.21. The van der Waals surface area contributed by atoms with Crippen LogP contribution >= 0.6 is 0 Å². The standard InChI is InChI=1S/C21H29N5O/c1-17-14-23-21(18-6-9-22-10-7-18)26(17)19-8-13-25(15-19)20(27)16-24-11-4-2-3-5-12-24/h6-7,9-10,14,19H,2-5,8,11-13,15-16H2,1H3. The van der Waals surface area contributed by atoms with Gasteiger partial charge >= 0.3 is 0 Å². The van der Waals surface area contributed by atoms with Crippen LogP contribution in [0.15, 0.2) is 30.7 Å². The maximum atomic E-state index is 12.8. The molecule has 0 N–H and O–H groups in total. The number of aromatic nitrogens is 3. The van der Waals surface area contributed by atoms with Gasteiger partial charge in [0.15, 0.2) is 0 Å². The van der Waals surface area contributed by atoms with Gasteiger partial charge in [0, 0.05) is 42.9 Å². The summed E-state index contributed by atoms with van der Waals surface area (Å²) in [6.07, 6.45) is 11.6. The summed E-state index contributed by atoms with van der Waals surface area (Å²) < 4.78 is 2.30. The summed E-state index contributed by atoms with van der Waals surface area (Å²) in [5, 5.41) is 0. The fourth-order valence-corrected chi connectivity index (χ4v) is 4.39. The molecule has 4 rings (SSSR count). The third-order valence-electron chi connectivity index (χ3n) is 5.86. The van der Waals surface area contributed by atoms with Gasteiger partial charge in [-0.15, -0.1) is 0 Å². The van der Waals surface area contributed by atoms with Crippen LogP contribution in [0.5, 0.6) is 0 Å². The van der Waals surface area contributed by atoms with Crippen LogP contribution in [0.25, 0.3) is 11.4 Å². The van der Waals surface area contributed by atoms with Gasteiger partial charge in [0.2, 0.25) is 5.91 Å². The number of amides is 1. The summed E-state index contributed by atoms with van der Waals surface area (Å²) in [6, 6.07) is 4.29. The minimum Gasteiger partial charge on any atom is -0.339 e. The van der Waals surface area contributed by atoms with Crippen molar-refractivity contribution in [1.82, 2.24) is 24.3 Å². The highest BCUT2D eigenvalue weighted by atomic mass is 16.2. The first kappa shape index (κ1) is 18.2. The van der Waals surface area contributed by atoms with Crippen LogP contribution in [0.3, 0.4) is 0 Å². The molecule has 6 heteroatoms. The van der Waals surface area contributed by atoms with E-state index in [4.69, 9.17) is 0 Å². The SMILES string of the molecule is Cc1cnc(-c2ccncc2)n1C1CCN(C(=O)CN2CCCCCC2)C1. The maximum Gasteiger partial charge on any atom is 0.236 e. The minimum absolute atomic E-state index is 0.280. The second kappa shape index (κ2) is 8.21. The Morgan fingerprint density at radius 1 is 1.11 bits per heavy atom. The molecule has 0 aliphatic carbocycles. The first-order valence-corrected chi connectivity index (χ1v) is 10.2. The third kappa shape index (κ3) is 4.05. The van der Waals surface area contributed by atoms with Crippen molar-refractivity contribution in [3.8, 4) is 11.4 Å². The molecule has 2 aliphatic heterocycles. The van der Waals surface area contributed by atoms with Gasteiger partial charge in [0.05, 0.1) is 12.6 Å². The molecule has 0 bridgehead atoms. The Labute approximate surface area is 161 Å². The number of hydrogen-bond acceptors (Lipinski definition) is 4. The average Bonchev–Trinajstić information content (AvgIpc) is 3.23. The van der Waals surface area contributed by atoms with E-state index >= 15 is 0 Å². The molecule has 2 saturated heterocycles. The van der Waals surface area contributed by atoms with E-state index in [0.29, 0.717) is 12.6 Å². The number of likely N-dealkylation sites (tertiary alicyclic amines) is 2. The Kier molecular flexibility index (Phi) is 5.53. The molecule has 2 aliphatic rings. The Bertz CT molecular complexity index is 764. The number of rotatable bonds is 4. The molecule has 0 spiro atoms. The van der Waals surface area contributed by atoms with Gasteiger partial charge in [0.1, 0.15) is 5.82 Å². The van der Waals surface area contributed by atoms with Gasteiger partial charge in [-0.3, -0.25) is 14.7 Å². The average molecular weight is 367 g/mol. The summed E-state index contributed by atoms with van der Waals surface area (Å²) in [6.45, 7) is 6.42. The van der Waals surface area contributed by atoms with E-state index in [-0.39, 0.29) is 5.91 Å². The number of nitrogens with zero attached hydrogens (tertiary/aromatic N) is 5. The zero-order chi connectivity index (χ0) is 18.6. The molecular weight excluding hydrogens is 338 g/mol. The molecule has 1 atom stereocenters. The van der Waals surface area contributed by atoms with Crippen LogP contribution in [0.1, 0.15) is 43.8 Å². The second-order valence-corrected chi connectivity index (χ2v) is 7.80.